The molecule has 2 amide bonds. The third-order valence-corrected chi connectivity index (χ3v) is 4.15. The second-order valence-electron chi connectivity index (χ2n) is 6.61. The van der Waals surface area contributed by atoms with Gasteiger partial charge in [-0.2, -0.15) is 0 Å². The van der Waals surface area contributed by atoms with Crippen LogP contribution in [-0.4, -0.2) is 30.3 Å². The van der Waals surface area contributed by atoms with Crippen LogP contribution in [0, 0.1) is 0 Å². The number of carbonyl (C=O) groups excluding carboxylic acids is 2. The Bertz CT molecular complexity index is 927. The normalized spacial score (nSPS) is 10.5. The molecule has 28 heavy (non-hydrogen) atoms. The summed E-state index contributed by atoms with van der Waals surface area (Å²) in [5, 5.41) is 5.72. The van der Waals surface area contributed by atoms with Gasteiger partial charge in [0.05, 0.1) is 6.54 Å². The number of nitrogens with one attached hydrogen (secondary N) is 2. The molecule has 0 unspecified atom stereocenters. The average Bonchev–Trinajstić information content (AvgIpc) is 2.69. The van der Waals surface area contributed by atoms with Crippen LogP contribution < -0.4 is 10.6 Å². The van der Waals surface area contributed by atoms with Crippen LogP contribution in [0.3, 0.4) is 0 Å². The highest BCUT2D eigenvalue weighted by Crippen LogP contribution is 2.16. The Morgan fingerprint density at radius 3 is 2.07 bits per heavy atom. The molecule has 5 nitrogen and oxygen atoms in total. The first-order valence-electron chi connectivity index (χ1n) is 9.09. The van der Waals surface area contributed by atoms with E-state index in [9.17, 15) is 9.59 Å². The van der Waals surface area contributed by atoms with Gasteiger partial charge in [0.15, 0.2) is 0 Å². The maximum atomic E-state index is 12.3. The molecule has 0 aliphatic carbocycles. The molecule has 5 heteroatoms. The molecule has 2 N–H and O–H groups in total. The number of rotatable bonds is 7. The first kappa shape index (κ1) is 19.3. The first-order valence-corrected chi connectivity index (χ1v) is 9.09. The third kappa shape index (κ3) is 5.79. The fraction of sp³-hybridized carbons (Fsp3) is 0.130. The van der Waals surface area contributed by atoms with Crippen LogP contribution in [0.2, 0.25) is 0 Å². The minimum absolute atomic E-state index is 0.107. The minimum atomic E-state index is -0.188. The summed E-state index contributed by atoms with van der Waals surface area (Å²) in [5.41, 5.74) is 3.01. The Morgan fingerprint density at radius 2 is 1.39 bits per heavy atom. The lowest BCUT2D eigenvalue weighted by molar-refractivity contribution is -0.117. The van der Waals surface area contributed by atoms with Crippen molar-refractivity contribution in [2.24, 2.45) is 0 Å². The molecule has 0 aromatic heterocycles. The molecule has 0 aliphatic heterocycles. The van der Waals surface area contributed by atoms with Crippen LogP contribution in [0.25, 0.3) is 0 Å². The largest absolute Gasteiger partial charge is 0.325 e. The van der Waals surface area contributed by atoms with Crippen molar-refractivity contribution >= 4 is 23.2 Å². The highest BCUT2D eigenvalue weighted by molar-refractivity contribution is 6.04. The van der Waals surface area contributed by atoms with E-state index in [-0.39, 0.29) is 18.4 Å². The van der Waals surface area contributed by atoms with E-state index < -0.39 is 0 Å². The van der Waals surface area contributed by atoms with Gasteiger partial charge in [0.1, 0.15) is 0 Å². The zero-order valence-electron chi connectivity index (χ0n) is 15.8. The Labute approximate surface area is 165 Å². The van der Waals surface area contributed by atoms with Gasteiger partial charge in [-0.15, -0.1) is 0 Å². The van der Waals surface area contributed by atoms with Crippen molar-refractivity contribution in [3.63, 3.8) is 0 Å². The van der Waals surface area contributed by atoms with E-state index in [0.29, 0.717) is 23.5 Å². The van der Waals surface area contributed by atoms with Crippen molar-refractivity contribution in [1.82, 2.24) is 4.90 Å². The Kier molecular flexibility index (Phi) is 6.54. The highest BCUT2D eigenvalue weighted by Gasteiger charge is 2.09. The van der Waals surface area contributed by atoms with Crippen molar-refractivity contribution in [3.8, 4) is 0 Å². The molecule has 0 saturated heterocycles. The molecule has 0 aliphatic rings. The molecule has 3 aromatic carbocycles. The fourth-order valence-corrected chi connectivity index (χ4v) is 2.86. The molecular weight excluding hydrogens is 350 g/mol. The summed E-state index contributed by atoms with van der Waals surface area (Å²) in [6.45, 7) is 0.969. The van der Waals surface area contributed by atoms with E-state index >= 15 is 0 Å². The van der Waals surface area contributed by atoms with Gasteiger partial charge in [0.25, 0.3) is 5.91 Å². The van der Waals surface area contributed by atoms with E-state index in [1.54, 1.807) is 36.4 Å². The molecule has 0 heterocycles. The molecule has 3 rings (SSSR count). The summed E-state index contributed by atoms with van der Waals surface area (Å²) in [6, 6.07) is 26.1. The predicted octanol–water partition coefficient (Wildman–Crippen LogP) is 4.01. The van der Waals surface area contributed by atoms with Crippen molar-refractivity contribution in [2.75, 3.05) is 24.2 Å². The van der Waals surface area contributed by atoms with E-state index in [1.165, 1.54) is 0 Å². The quantitative estimate of drug-likeness (QED) is 0.658. The maximum Gasteiger partial charge on any atom is 0.255 e. The van der Waals surface area contributed by atoms with Crippen LogP contribution in [0.1, 0.15) is 15.9 Å². The summed E-state index contributed by atoms with van der Waals surface area (Å²) in [5.74, 6) is -0.295. The van der Waals surface area contributed by atoms with E-state index in [1.807, 2.05) is 60.5 Å². The van der Waals surface area contributed by atoms with Crippen molar-refractivity contribution < 1.29 is 9.59 Å². The van der Waals surface area contributed by atoms with Crippen molar-refractivity contribution in [3.05, 3.63) is 96.1 Å². The number of hydrogen-bond donors (Lipinski definition) is 2. The van der Waals surface area contributed by atoms with Crippen LogP contribution in [-0.2, 0) is 11.3 Å². The van der Waals surface area contributed by atoms with Crippen molar-refractivity contribution in [2.45, 2.75) is 6.54 Å². The number of carbonyl (C=O) groups is 2. The molecule has 0 radical (unpaired) electrons. The number of anilines is 2. The van der Waals surface area contributed by atoms with Gasteiger partial charge in [-0.25, -0.2) is 0 Å². The lowest BCUT2D eigenvalue weighted by Crippen LogP contribution is -2.29. The topological polar surface area (TPSA) is 61.4 Å². The molecule has 0 spiro atoms. The third-order valence-electron chi connectivity index (χ3n) is 4.15. The SMILES string of the molecule is CN(CC(=O)Nc1cccc(NC(=O)c2ccccc2)c1)Cc1ccccc1. The minimum Gasteiger partial charge on any atom is -0.325 e. The predicted molar refractivity (Wildman–Crippen MR) is 112 cm³/mol. The van der Waals surface area contributed by atoms with Gasteiger partial charge in [-0.05, 0) is 42.9 Å². The fourth-order valence-electron chi connectivity index (χ4n) is 2.86. The zero-order valence-corrected chi connectivity index (χ0v) is 15.8. The zero-order chi connectivity index (χ0) is 19.8. The van der Waals surface area contributed by atoms with E-state index in [2.05, 4.69) is 10.6 Å². The van der Waals surface area contributed by atoms with Crippen LogP contribution in [0.4, 0.5) is 11.4 Å². The maximum absolute atomic E-state index is 12.3. The van der Waals surface area contributed by atoms with Gasteiger partial charge < -0.3 is 10.6 Å². The van der Waals surface area contributed by atoms with Crippen LogP contribution in [0.15, 0.2) is 84.9 Å². The number of benzene rings is 3. The number of amides is 2. The van der Waals surface area contributed by atoms with Crippen molar-refractivity contribution in [1.29, 1.82) is 0 Å². The summed E-state index contributed by atoms with van der Waals surface area (Å²) in [6.07, 6.45) is 0. The first-order chi connectivity index (χ1) is 13.6. The average molecular weight is 373 g/mol. The molecule has 0 saturated carbocycles. The molecule has 142 valence electrons. The van der Waals surface area contributed by atoms with Gasteiger partial charge in [0.2, 0.25) is 5.91 Å². The highest BCUT2D eigenvalue weighted by atomic mass is 16.2. The molecule has 0 fully saturated rings. The standard InChI is InChI=1S/C23H23N3O2/c1-26(16-18-9-4-2-5-10-18)17-22(27)24-20-13-8-14-21(15-20)25-23(28)19-11-6-3-7-12-19/h2-15H,16-17H2,1H3,(H,24,27)(H,25,28). The Balaban J connectivity index is 1.55. The van der Waals surface area contributed by atoms with Gasteiger partial charge in [-0.1, -0.05) is 54.6 Å². The molecule has 3 aromatic rings. The summed E-state index contributed by atoms with van der Waals surface area (Å²) >= 11 is 0. The van der Waals surface area contributed by atoms with Crippen LogP contribution >= 0.6 is 0 Å². The van der Waals surface area contributed by atoms with Crippen LogP contribution in [0.5, 0.6) is 0 Å². The molecular formula is C23H23N3O2. The van der Waals surface area contributed by atoms with Gasteiger partial charge in [0, 0.05) is 23.5 Å². The monoisotopic (exact) mass is 373 g/mol. The number of likely N-dealkylation sites (N-methyl/N-ethyl adjacent to an activating group) is 1. The number of hydrogen-bond acceptors (Lipinski definition) is 3. The smallest absolute Gasteiger partial charge is 0.255 e. The van der Waals surface area contributed by atoms with Gasteiger partial charge in [-0.3, -0.25) is 14.5 Å². The Morgan fingerprint density at radius 1 is 0.786 bits per heavy atom. The second-order valence-corrected chi connectivity index (χ2v) is 6.61. The molecule has 0 atom stereocenters. The molecule has 0 bridgehead atoms. The Hall–Kier alpha value is -3.44. The summed E-state index contributed by atoms with van der Waals surface area (Å²) < 4.78 is 0. The second kappa shape index (κ2) is 9.48. The van der Waals surface area contributed by atoms with Gasteiger partial charge >= 0.3 is 0 Å². The van der Waals surface area contributed by atoms with E-state index in [0.717, 1.165) is 5.56 Å². The lowest BCUT2D eigenvalue weighted by atomic mass is 10.2. The summed E-state index contributed by atoms with van der Waals surface area (Å²) in [4.78, 5) is 26.5. The van der Waals surface area contributed by atoms with E-state index in [4.69, 9.17) is 0 Å². The number of nitrogens with zero attached hydrogens (tertiary/aromatic N) is 1. The lowest BCUT2D eigenvalue weighted by Gasteiger charge is -2.16. The summed E-state index contributed by atoms with van der Waals surface area (Å²) in [7, 11) is 1.91.